The van der Waals surface area contributed by atoms with Crippen molar-refractivity contribution in [3.8, 4) is 5.75 Å². The van der Waals surface area contributed by atoms with Crippen LogP contribution in [0.3, 0.4) is 0 Å². The Hall–Kier alpha value is -3.93. The number of benzene rings is 3. The Balaban J connectivity index is 1.43. The summed E-state index contributed by atoms with van der Waals surface area (Å²) in [4.78, 5) is 24.0. The molecule has 6 nitrogen and oxygen atoms in total. The lowest BCUT2D eigenvalue weighted by atomic mass is 10.1. The van der Waals surface area contributed by atoms with Crippen molar-refractivity contribution in [2.45, 2.75) is 20.3 Å². The molecule has 31 heavy (non-hydrogen) atoms. The van der Waals surface area contributed by atoms with Gasteiger partial charge in [0.25, 0.3) is 5.91 Å². The molecule has 6 heteroatoms. The van der Waals surface area contributed by atoms with Crippen LogP contribution < -0.4 is 15.5 Å². The molecule has 0 heterocycles. The van der Waals surface area contributed by atoms with Crippen molar-refractivity contribution in [3.63, 3.8) is 0 Å². The van der Waals surface area contributed by atoms with Crippen LogP contribution in [0.4, 0.5) is 5.69 Å². The zero-order valence-electron chi connectivity index (χ0n) is 17.6. The van der Waals surface area contributed by atoms with Crippen LogP contribution in [0.25, 0.3) is 0 Å². The van der Waals surface area contributed by atoms with Gasteiger partial charge in [-0.05, 0) is 72.5 Å². The van der Waals surface area contributed by atoms with E-state index in [1.54, 1.807) is 30.5 Å². The average Bonchev–Trinajstić information content (AvgIpc) is 2.76. The van der Waals surface area contributed by atoms with E-state index in [1.807, 2.05) is 62.4 Å². The lowest BCUT2D eigenvalue weighted by molar-refractivity contribution is -0.120. The van der Waals surface area contributed by atoms with Crippen molar-refractivity contribution < 1.29 is 14.3 Å². The normalized spacial score (nSPS) is 10.6. The topological polar surface area (TPSA) is 79.8 Å². The summed E-state index contributed by atoms with van der Waals surface area (Å²) in [6.07, 6.45) is 1.83. The molecule has 0 radical (unpaired) electrons. The molecule has 0 saturated heterocycles. The number of aryl methyl sites for hydroxylation is 2. The molecule has 0 aromatic heterocycles. The van der Waals surface area contributed by atoms with Crippen LogP contribution in [-0.4, -0.2) is 24.6 Å². The second-order valence-electron chi connectivity index (χ2n) is 7.16. The SMILES string of the molecule is Cc1ccc(NC(=O)COc2ccc(/C=N\NC(=O)Cc3ccccc3)cc2)cc1C. The monoisotopic (exact) mass is 415 g/mol. The quantitative estimate of drug-likeness (QED) is 0.431. The summed E-state index contributed by atoms with van der Waals surface area (Å²) in [5, 5.41) is 6.79. The van der Waals surface area contributed by atoms with Crippen molar-refractivity contribution >= 4 is 23.7 Å². The van der Waals surface area contributed by atoms with E-state index in [0.717, 1.165) is 22.4 Å². The van der Waals surface area contributed by atoms with Gasteiger partial charge in [0.2, 0.25) is 5.91 Å². The van der Waals surface area contributed by atoms with E-state index in [0.29, 0.717) is 5.75 Å². The molecule has 0 unspecified atom stereocenters. The first kappa shape index (κ1) is 21.8. The molecule has 0 saturated carbocycles. The van der Waals surface area contributed by atoms with Crippen molar-refractivity contribution in [1.82, 2.24) is 5.43 Å². The first-order chi connectivity index (χ1) is 15.0. The number of hydrogen-bond acceptors (Lipinski definition) is 4. The number of carbonyl (C=O) groups excluding carboxylic acids is 2. The number of nitrogens with zero attached hydrogens (tertiary/aromatic N) is 1. The minimum atomic E-state index is -0.227. The molecule has 158 valence electrons. The molecule has 3 rings (SSSR count). The molecular formula is C25H25N3O3. The fourth-order valence-electron chi connectivity index (χ4n) is 2.81. The fourth-order valence-corrected chi connectivity index (χ4v) is 2.81. The molecule has 0 aliphatic rings. The van der Waals surface area contributed by atoms with Gasteiger partial charge in [0.05, 0.1) is 12.6 Å². The molecule has 0 aliphatic carbocycles. The third kappa shape index (κ3) is 7.12. The van der Waals surface area contributed by atoms with E-state index in [1.165, 1.54) is 5.56 Å². The Morgan fingerprint density at radius 3 is 2.35 bits per heavy atom. The Labute approximate surface area is 182 Å². The lowest BCUT2D eigenvalue weighted by Crippen LogP contribution is -2.20. The van der Waals surface area contributed by atoms with Gasteiger partial charge in [-0.2, -0.15) is 5.10 Å². The van der Waals surface area contributed by atoms with Crippen LogP contribution in [-0.2, 0) is 16.0 Å². The number of nitrogens with one attached hydrogen (secondary N) is 2. The smallest absolute Gasteiger partial charge is 0.262 e. The number of hydrazone groups is 1. The van der Waals surface area contributed by atoms with Gasteiger partial charge >= 0.3 is 0 Å². The first-order valence-corrected chi connectivity index (χ1v) is 9.95. The summed E-state index contributed by atoms with van der Waals surface area (Å²) in [5.41, 5.74) is 7.28. The summed E-state index contributed by atoms with van der Waals surface area (Å²) in [7, 11) is 0. The summed E-state index contributed by atoms with van der Waals surface area (Å²) >= 11 is 0. The van der Waals surface area contributed by atoms with Gasteiger partial charge in [-0.25, -0.2) is 5.43 Å². The predicted molar refractivity (Wildman–Crippen MR) is 122 cm³/mol. The van der Waals surface area contributed by atoms with Gasteiger partial charge in [0, 0.05) is 5.69 Å². The number of amides is 2. The standard InChI is InChI=1S/C25H25N3O3/c1-18-8-11-22(14-19(18)2)27-25(30)17-31-23-12-9-21(10-13-23)16-26-28-24(29)15-20-6-4-3-5-7-20/h3-14,16H,15,17H2,1-2H3,(H,27,30)(H,28,29)/b26-16-. The molecule has 3 aromatic rings. The zero-order valence-corrected chi connectivity index (χ0v) is 17.6. The van der Waals surface area contributed by atoms with E-state index in [2.05, 4.69) is 15.8 Å². The highest BCUT2D eigenvalue weighted by molar-refractivity contribution is 5.92. The van der Waals surface area contributed by atoms with Crippen molar-refractivity contribution in [2.75, 3.05) is 11.9 Å². The average molecular weight is 415 g/mol. The summed E-state index contributed by atoms with van der Waals surface area (Å²) < 4.78 is 5.53. The van der Waals surface area contributed by atoms with E-state index in [4.69, 9.17) is 4.74 Å². The second-order valence-corrected chi connectivity index (χ2v) is 7.16. The minimum absolute atomic E-state index is 0.0874. The number of hydrogen-bond donors (Lipinski definition) is 2. The Morgan fingerprint density at radius 1 is 0.903 bits per heavy atom. The largest absolute Gasteiger partial charge is 0.484 e. The van der Waals surface area contributed by atoms with Gasteiger partial charge < -0.3 is 10.1 Å². The zero-order chi connectivity index (χ0) is 22.1. The molecule has 0 bridgehead atoms. The van der Waals surface area contributed by atoms with Gasteiger partial charge in [0.15, 0.2) is 6.61 Å². The molecule has 3 aromatic carbocycles. The summed E-state index contributed by atoms with van der Waals surface area (Å²) in [6.45, 7) is 3.94. The third-order valence-corrected chi connectivity index (χ3v) is 4.65. The van der Waals surface area contributed by atoms with Crippen molar-refractivity contribution in [1.29, 1.82) is 0 Å². The minimum Gasteiger partial charge on any atom is -0.484 e. The number of ether oxygens (including phenoxy) is 1. The number of rotatable bonds is 8. The Morgan fingerprint density at radius 2 is 1.65 bits per heavy atom. The van der Waals surface area contributed by atoms with Crippen LogP contribution >= 0.6 is 0 Å². The van der Waals surface area contributed by atoms with Crippen LogP contribution in [0.15, 0.2) is 77.9 Å². The molecule has 2 amide bonds. The molecule has 0 atom stereocenters. The highest BCUT2D eigenvalue weighted by Crippen LogP contribution is 2.15. The maximum absolute atomic E-state index is 12.1. The van der Waals surface area contributed by atoms with E-state index < -0.39 is 0 Å². The maximum Gasteiger partial charge on any atom is 0.262 e. The van der Waals surface area contributed by atoms with Gasteiger partial charge in [0.1, 0.15) is 5.75 Å². The molecule has 0 aliphatic heterocycles. The van der Waals surface area contributed by atoms with E-state index in [9.17, 15) is 9.59 Å². The number of anilines is 1. The summed E-state index contributed by atoms with van der Waals surface area (Å²) in [6, 6.07) is 22.3. The first-order valence-electron chi connectivity index (χ1n) is 9.95. The second kappa shape index (κ2) is 10.7. The predicted octanol–water partition coefficient (Wildman–Crippen LogP) is 4.01. The molecular weight excluding hydrogens is 390 g/mol. The van der Waals surface area contributed by atoms with E-state index in [-0.39, 0.29) is 24.8 Å². The Kier molecular flexibility index (Phi) is 7.54. The highest BCUT2D eigenvalue weighted by atomic mass is 16.5. The number of carbonyl (C=O) groups is 2. The summed E-state index contributed by atoms with van der Waals surface area (Å²) in [5.74, 6) is 0.160. The molecule has 0 spiro atoms. The highest BCUT2D eigenvalue weighted by Gasteiger charge is 2.05. The Bertz CT molecular complexity index is 1060. The third-order valence-electron chi connectivity index (χ3n) is 4.65. The van der Waals surface area contributed by atoms with Crippen LogP contribution in [0.1, 0.15) is 22.3 Å². The van der Waals surface area contributed by atoms with Gasteiger partial charge in [-0.15, -0.1) is 0 Å². The van der Waals surface area contributed by atoms with Crippen LogP contribution in [0.2, 0.25) is 0 Å². The fraction of sp³-hybridized carbons (Fsp3) is 0.160. The molecule has 2 N–H and O–H groups in total. The van der Waals surface area contributed by atoms with Gasteiger partial charge in [-0.3, -0.25) is 9.59 Å². The van der Waals surface area contributed by atoms with Crippen LogP contribution in [0.5, 0.6) is 5.75 Å². The maximum atomic E-state index is 12.1. The van der Waals surface area contributed by atoms with Crippen molar-refractivity contribution in [3.05, 3.63) is 95.1 Å². The molecule has 0 fully saturated rings. The van der Waals surface area contributed by atoms with Crippen LogP contribution in [0, 0.1) is 13.8 Å². The van der Waals surface area contributed by atoms with Crippen molar-refractivity contribution in [2.24, 2.45) is 5.10 Å². The van der Waals surface area contributed by atoms with Gasteiger partial charge in [-0.1, -0.05) is 36.4 Å². The van der Waals surface area contributed by atoms with E-state index >= 15 is 0 Å². The lowest BCUT2D eigenvalue weighted by Gasteiger charge is -2.09.